The monoisotopic (exact) mass is 343 g/mol. The van der Waals surface area contributed by atoms with E-state index in [1.54, 1.807) is 0 Å². The van der Waals surface area contributed by atoms with Gasteiger partial charge in [-0.3, -0.25) is 9.89 Å². The number of likely N-dealkylation sites (N-methyl/N-ethyl adjacent to an activating group) is 1. The predicted octanol–water partition coefficient (Wildman–Crippen LogP) is 1.65. The minimum absolute atomic E-state index is 0.535. The van der Waals surface area contributed by atoms with Crippen LogP contribution in [0.15, 0.2) is 29.3 Å². The summed E-state index contributed by atoms with van der Waals surface area (Å²) in [6.07, 6.45) is 1.10. The molecule has 3 rings (SSSR count). The molecule has 0 aliphatic carbocycles. The molecule has 1 fully saturated rings. The van der Waals surface area contributed by atoms with Crippen molar-refractivity contribution in [2.45, 2.75) is 32.9 Å². The lowest BCUT2D eigenvalue weighted by atomic mass is 10.0. The topological polar surface area (TPSA) is 34.1 Å². The smallest absolute Gasteiger partial charge is 0.194 e. The van der Waals surface area contributed by atoms with Crippen molar-refractivity contribution in [3.63, 3.8) is 0 Å². The van der Waals surface area contributed by atoms with Crippen LogP contribution in [0.25, 0.3) is 0 Å². The number of hydrogen-bond donors (Lipinski definition) is 1. The Morgan fingerprint density at radius 2 is 1.84 bits per heavy atom. The first-order valence-corrected chi connectivity index (χ1v) is 9.70. The maximum absolute atomic E-state index is 4.53. The van der Waals surface area contributed by atoms with Crippen LogP contribution in [0, 0.1) is 0 Å². The fraction of sp³-hybridized carbons (Fsp3) is 0.650. The SMILES string of the molecule is CCN1CCN(C(C)CNC(=NC)N2CCc3ccccc3C2)CC1. The van der Waals surface area contributed by atoms with E-state index in [4.69, 9.17) is 0 Å². The van der Waals surface area contributed by atoms with Crippen molar-refractivity contribution in [3.05, 3.63) is 35.4 Å². The highest BCUT2D eigenvalue weighted by atomic mass is 15.3. The van der Waals surface area contributed by atoms with Crippen molar-refractivity contribution in [3.8, 4) is 0 Å². The summed E-state index contributed by atoms with van der Waals surface area (Å²) in [7, 11) is 1.90. The van der Waals surface area contributed by atoms with Crippen molar-refractivity contribution >= 4 is 5.96 Å². The Labute approximate surface area is 152 Å². The van der Waals surface area contributed by atoms with E-state index in [2.05, 4.69) is 63.1 Å². The van der Waals surface area contributed by atoms with Gasteiger partial charge in [0.25, 0.3) is 0 Å². The van der Waals surface area contributed by atoms with Crippen LogP contribution >= 0.6 is 0 Å². The van der Waals surface area contributed by atoms with Gasteiger partial charge in [-0.25, -0.2) is 0 Å². The van der Waals surface area contributed by atoms with E-state index in [0.717, 1.165) is 32.0 Å². The van der Waals surface area contributed by atoms with Gasteiger partial charge in [-0.1, -0.05) is 31.2 Å². The number of rotatable bonds is 4. The number of guanidine groups is 1. The largest absolute Gasteiger partial charge is 0.355 e. The zero-order chi connectivity index (χ0) is 17.6. The molecule has 138 valence electrons. The van der Waals surface area contributed by atoms with Gasteiger partial charge in [-0.2, -0.15) is 0 Å². The van der Waals surface area contributed by atoms with E-state index >= 15 is 0 Å². The second-order valence-corrected chi connectivity index (χ2v) is 7.19. The summed E-state index contributed by atoms with van der Waals surface area (Å²) in [5.74, 6) is 1.04. The number of hydrogen-bond acceptors (Lipinski definition) is 3. The van der Waals surface area contributed by atoms with Gasteiger partial charge in [0.1, 0.15) is 0 Å². The van der Waals surface area contributed by atoms with Crippen molar-refractivity contribution in [1.29, 1.82) is 0 Å². The number of nitrogens with zero attached hydrogens (tertiary/aromatic N) is 4. The minimum Gasteiger partial charge on any atom is -0.355 e. The van der Waals surface area contributed by atoms with E-state index in [0.29, 0.717) is 6.04 Å². The van der Waals surface area contributed by atoms with E-state index in [1.165, 1.54) is 43.9 Å². The molecule has 1 saturated heterocycles. The molecule has 0 amide bonds. The molecule has 1 atom stereocenters. The first kappa shape index (κ1) is 18.2. The number of nitrogens with one attached hydrogen (secondary N) is 1. The maximum Gasteiger partial charge on any atom is 0.194 e. The molecule has 2 heterocycles. The van der Waals surface area contributed by atoms with Gasteiger partial charge in [0.15, 0.2) is 5.96 Å². The third-order valence-corrected chi connectivity index (χ3v) is 5.68. The van der Waals surface area contributed by atoms with E-state index < -0.39 is 0 Å². The lowest BCUT2D eigenvalue weighted by Crippen LogP contribution is -2.53. The van der Waals surface area contributed by atoms with Gasteiger partial charge in [0, 0.05) is 58.9 Å². The summed E-state index contributed by atoms with van der Waals surface area (Å²) in [5.41, 5.74) is 2.91. The molecule has 2 aliphatic heterocycles. The normalized spacial score (nSPS) is 21.1. The molecule has 1 N–H and O–H groups in total. The zero-order valence-corrected chi connectivity index (χ0v) is 16.0. The van der Waals surface area contributed by atoms with E-state index in [9.17, 15) is 0 Å². The van der Waals surface area contributed by atoms with E-state index in [1.807, 2.05) is 7.05 Å². The Morgan fingerprint density at radius 1 is 1.12 bits per heavy atom. The average Bonchev–Trinajstić information content (AvgIpc) is 2.68. The number of benzene rings is 1. The van der Waals surface area contributed by atoms with Crippen molar-refractivity contribution in [2.24, 2.45) is 4.99 Å². The summed E-state index contributed by atoms with van der Waals surface area (Å²) in [4.78, 5) is 12.0. The highest BCUT2D eigenvalue weighted by molar-refractivity contribution is 5.80. The second-order valence-electron chi connectivity index (χ2n) is 7.19. The third kappa shape index (κ3) is 4.53. The van der Waals surface area contributed by atoms with Crippen LogP contribution in [0.3, 0.4) is 0 Å². The van der Waals surface area contributed by atoms with Crippen LogP contribution in [0.2, 0.25) is 0 Å². The highest BCUT2D eigenvalue weighted by Gasteiger charge is 2.22. The molecule has 1 unspecified atom stereocenters. The molecule has 0 bridgehead atoms. The quantitative estimate of drug-likeness (QED) is 0.666. The summed E-state index contributed by atoms with van der Waals surface area (Å²) in [6.45, 7) is 13.4. The van der Waals surface area contributed by atoms with Crippen LogP contribution in [-0.2, 0) is 13.0 Å². The summed E-state index contributed by atoms with van der Waals surface area (Å²) in [6, 6.07) is 9.30. The van der Waals surface area contributed by atoms with Gasteiger partial charge in [0.2, 0.25) is 0 Å². The molecule has 2 aliphatic rings. The molecule has 5 nitrogen and oxygen atoms in total. The molecule has 0 radical (unpaired) electrons. The number of piperazine rings is 1. The summed E-state index contributed by atoms with van der Waals surface area (Å²) in [5, 5.41) is 3.61. The zero-order valence-electron chi connectivity index (χ0n) is 16.0. The highest BCUT2D eigenvalue weighted by Crippen LogP contribution is 2.18. The Bertz CT molecular complexity index is 577. The Balaban J connectivity index is 1.50. The van der Waals surface area contributed by atoms with Gasteiger partial charge in [-0.15, -0.1) is 0 Å². The standard InChI is InChI=1S/C20H33N5/c1-4-23-11-13-24(14-12-23)17(2)15-22-20(21-3)25-10-9-18-7-5-6-8-19(18)16-25/h5-8,17H,4,9-16H2,1-3H3,(H,21,22). The molecule has 1 aromatic rings. The maximum atomic E-state index is 4.53. The third-order valence-electron chi connectivity index (χ3n) is 5.68. The molecule has 5 heteroatoms. The fourth-order valence-corrected chi connectivity index (χ4v) is 3.90. The molecular weight excluding hydrogens is 310 g/mol. The minimum atomic E-state index is 0.535. The van der Waals surface area contributed by atoms with Crippen LogP contribution in [0.5, 0.6) is 0 Å². The Morgan fingerprint density at radius 3 is 2.52 bits per heavy atom. The number of aliphatic imine (C=N–C) groups is 1. The van der Waals surface area contributed by atoms with Crippen LogP contribution < -0.4 is 5.32 Å². The summed E-state index contributed by atoms with van der Waals surface area (Å²) < 4.78 is 0. The van der Waals surface area contributed by atoms with Gasteiger partial charge >= 0.3 is 0 Å². The van der Waals surface area contributed by atoms with Crippen molar-refractivity contribution in [2.75, 3.05) is 52.9 Å². The van der Waals surface area contributed by atoms with Gasteiger partial charge in [-0.05, 0) is 31.0 Å². The second kappa shape index (κ2) is 8.68. The van der Waals surface area contributed by atoms with Crippen molar-refractivity contribution in [1.82, 2.24) is 20.0 Å². The lowest BCUT2D eigenvalue weighted by molar-refractivity contribution is 0.107. The predicted molar refractivity (Wildman–Crippen MR) is 105 cm³/mol. The molecule has 0 saturated carbocycles. The van der Waals surface area contributed by atoms with Gasteiger partial charge in [0.05, 0.1) is 0 Å². The molecule has 0 aromatic heterocycles. The molecule has 0 spiro atoms. The average molecular weight is 344 g/mol. The molecular formula is C20H33N5. The summed E-state index contributed by atoms with van der Waals surface area (Å²) >= 11 is 0. The van der Waals surface area contributed by atoms with Crippen LogP contribution in [-0.4, -0.2) is 79.6 Å². The van der Waals surface area contributed by atoms with Crippen LogP contribution in [0.1, 0.15) is 25.0 Å². The Hall–Kier alpha value is -1.59. The first-order chi connectivity index (χ1) is 12.2. The molecule has 1 aromatic carbocycles. The fourth-order valence-electron chi connectivity index (χ4n) is 3.90. The first-order valence-electron chi connectivity index (χ1n) is 9.70. The van der Waals surface area contributed by atoms with Crippen molar-refractivity contribution < 1.29 is 0 Å². The lowest BCUT2D eigenvalue weighted by Gasteiger charge is -2.38. The molecule has 25 heavy (non-hydrogen) atoms. The van der Waals surface area contributed by atoms with Gasteiger partial charge < -0.3 is 15.1 Å². The van der Waals surface area contributed by atoms with Crippen LogP contribution in [0.4, 0.5) is 0 Å². The Kier molecular flexibility index (Phi) is 6.32. The number of fused-ring (bicyclic) bond motifs is 1. The van der Waals surface area contributed by atoms with E-state index in [-0.39, 0.29) is 0 Å².